The van der Waals surface area contributed by atoms with Crippen LogP contribution < -0.4 is 0 Å². The Morgan fingerprint density at radius 2 is 2.00 bits per heavy atom. The van der Waals surface area contributed by atoms with Crippen LogP contribution in [0.5, 0.6) is 0 Å². The highest BCUT2D eigenvalue weighted by Gasteiger charge is 2.43. The lowest BCUT2D eigenvalue weighted by molar-refractivity contribution is -0.140. The number of hydrogen-bond donors (Lipinski definition) is 1. The monoisotopic (exact) mass is 391 g/mol. The highest BCUT2D eigenvalue weighted by atomic mass is 19.1. The zero-order valence-electron chi connectivity index (χ0n) is 15.5. The molecular formula is C20H23F2N3O3. The number of hydrogen-bond acceptors (Lipinski definition) is 5. The fourth-order valence-corrected chi connectivity index (χ4v) is 4.39. The summed E-state index contributed by atoms with van der Waals surface area (Å²) < 4.78 is 33.3. The third-order valence-electron chi connectivity index (χ3n) is 5.88. The lowest BCUT2D eigenvalue weighted by Crippen LogP contribution is -2.37. The average molecular weight is 391 g/mol. The van der Waals surface area contributed by atoms with Crippen molar-refractivity contribution in [3.63, 3.8) is 0 Å². The van der Waals surface area contributed by atoms with Crippen molar-refractivity contribution in [1.29, 1.82) is 0 Å². The first-order valence-electron chi connectivity index (χ1n) is 9.75. The van der Waals surface area contributed by atoms with Gasteiger partial charge in [0.2, 0.25) is 5.89 Å². The molecule has 1 aromatic carbocycles. The van der Waals surface area contributed by atoms with Crippen LogP contribution in [0.1, 0.15) is 62.2 Å². The minimum absolute atomic E-state index is 0.116. The van der Waals surface area contributed by atoms with Crippen molar-refractivity contribution in [2.45, 2.75) is 63.0 Å². The van der Waals surface area contributed by atoms with E-state index in [1.165, 1.54) is 17.0 Å². The smallest absolute Gasteiger partial charge is 0.251 e. The van der Waals surface area contributed by atoms with Crippen molar-refractivity contribution >= 4 is 5.91 Å². The molecule has 2 aliphatic rings. The molecule has 1 saturated heterocycles. The number of benzene rings is 1. The van der Waals surface area contributed by atoms with E-state index in [1.807, 2.05) is 0 Å². The van der Waals surface area contributed by atoms with Gasteiger partial charge in [-0.05, 0) is 38.2 Å². The Kier molecular flexibility index (Phi) is 5.14. The van der Waals surface area contributed by atoms with E-state index in [-0.39, 0.29) is 18.3 Å². The number of aromatic nitrogens is 2. The molecule has 2 aromatic rings. The maximum Gasteiger partial charge on any atom is 0.251 e. The fraction of sp³-hybridized carbons (Fsp3) is 0.550. The quantitative estimate of drug-likeness (QED) is 0.867. The fourth-order valence-electron chi connectivity index (χ4n) is 4.39. The average Bonchev–Trinajstić information content (AvgIpc) is 3.30. The van der Waals surface area contributed by atoms with E-state index >= 15 is 0 Å². The molecule has 1 aromatic heterocycles. The first kappa shape index (κ1) is 19.0. The molecule has 1 N–H and O–H groups in total. The van der Waals surface area contributed by atoms with Gasteiger partial charge >= 0.3 is 0 Å². The Hall–Kier alpha value is -2.35. The van der Waals surface area contributed by atoms with Crippen LogP contribution >= 0.6 is 0 Å². The van der Waals surface area contributed by atoms with E-state index < -0.39 is 23.2 Å². The lowest BCUT2D eigenvalue weighted by atomic mass is 9.78. The topological polar surface area (TPSA) is 79.5 Å². The second-order valence-electron chi connectivity index (χ2n) is 7.70. The molecule has 2 heterocycles. The van der Waals surface area contributed by atoms with Crippen molar-refractivity contribution in [3.8, 4) is 0 Å². The van der Waals surface area contributed by atoms with Crippen molar-refractivity contribution < 1.29 is 23.2 Å². The summed E-state index contributed by atoms with van der Waals surface area (Å²) in [6, 6.07) is 3.59. The number of likely N-dealkylation sites (tertiary alicyclic amines) is 1. The van der Waals surface area contributed by atoms with Gasteiger partial charge in [0.1, 0.15) is 24.3 Å². The van der Waals surface area contributed by atoms with Gasteiger partial charge in [0, 0.05) is 18.2 Å². The van der Waals surface area contributed by atoms with Gasteiger partial charge in [-0.2, -0.15) is 4.98 Å². The number of carbonyl (C=O) groups excluding carboxylic acids is 1. The van der Waals surface area contributed by atoms with Gasteiger partial charge in [0.05, 0.1) is 5.41 Å². The summed E-state index contributed by atoms with van der Waals surface area (Å²) >= 11 is 0. The lowest BCUT2D eigenvalue weighted by Gasteiger charge is -2.26. The Balaban J connectivity index is 1.62. The van der Waals surface area contributed by atoms with E-state index in [0.717, 1.165) is 31.7 Å². The highest BCUT2D eigenvalue weighted by molar-refractivity contribution is 5.80. The van der Waals surface area contributed by atoms with Gasteiger partial charge in [-0.3, -0.25) is 4.79 Å². The van der Waals surface area contributed by atoms with Crippen LogP contribution in [0.4, 0.5) is 8.78 Å². The van der Waals surface area contributed by atoms with Gasteiger partial charge in [0.25, 0.3) is 5.91 Å². The predicted molar refractivity (Wildman–Crippen MR) is 95.2 cm³/mol. The van der Waals surface area contributed by atoms with Crippen molar-refractivity contribution in [1.82, 2.24) is 15.0 Å². The predicted octanol–water partition coefficient (Wildman–Crippen LogP) is 3.08. The number of amides is 1. The van der Waals surface area contributed by atoms with E-state index in [4.69, 9.17) is 4.52 Å². The van der Waals surface area contributed by atoms with E-state index in [0.29, 0.717) is 37.2 Å². The number of halogens is 2. The molecule has 1 unspecified atom stereocenters. The number of rotatable bonds is 4. The summed E-state index contributed by atoms with van der Waals surface area (Å²) in [6.07, 6.45) is 4.11. The summed E-state index contributed by atoms with van der Waals surface area (Å²) in [7, 11) is 0. The molecule has 2 fully saturated rings. The van der Waals surface area contributed by atoms with Crippen LogP contribution in [0.15, 0.2) is 22.7 Å². The summed E-state index contributed by atoms with van der Waals surface area (Å²) in [6.45, 7) is 0.635. The van der Waals surface area contributed by atoms with Crippen molar-refractivity contribution in [2.24, 2.45) is 0 Å². The second-order valence-corrected chi connectivity index (χ2v) is 7.70. The summed E-state index contributed by atoms with van der Waals surface area (Å²) in [5.41, 5.74) is -0.373. The van der Waals surface area contributed by atoms with Crippen molar-refractivity contribution in [3.05, 3.63) is 47.1 Å². The van der Waals surface area contributed by atoms with E-state index in [1.54, 1.807) is 0 Å². The Labute approximate surface area is 161 Å². The second kappa shape index (κ2) is 7.58. The molecule has 4 rings (SSSR count). The Morgan fingerprint density at radius 3 is 2.75 bits per heavy atom. The third kappa shape index (κ3) is 3.41. The third-order valence-corrected chi connectivity index (χ3v) is 5.88. The zero-order valence-corrected chi connectivity index (χ0v) is 15.5. The molecular weight excluding hydrogens is 368 g/mol. The number of aliphatic hydroxyl groups is 1. The SMILES string of the molecule is O=C1C(O)CCCCN1Cc1nc(C2(c3ccc(F)cc3F)CCCC2)no1. The van der Waals surface area contributed by atoms with Crippen LogP contribution in [0.2, 0.25) is 0 Å². The van der Waals surface area contributed by atoms with E-state index in [9.17, 15) is 18.7 Å². The highest BCUT2D eigenvalue weighted by Crippen LogP contribution is 2.46. The van der Waals surface area contributed by atoms with Gasteiger partial charge in [-0.15, -0.1) is 0 Å². The maximum atomic E-state index is 14.5. The minimum atomic E-state index is -1.00. The van der Waals surface area contributed by atoms with E-state index in [2.05, 4.69) is 10.1 Å². The summed E-state index contributed by atoms with van der Waals surface area (Å²) in [5, 5.41) is 14.0. The maximum absolute atomic E-state index is 14.5. The van der Waals surface area contributed by atoms with Crippen LogP contribution in [-0.2, 0) is 16.8 Å². The molecule has 1 amide bonds. The van der Waals surface area contributed by atoms with Crippen LogP contribution in [0, 0.1) is 11.6 Å². The molecule has 8 heteroatoms. The first-order chi connectivity index (χ1) is 13.5. The summed E-state index contributed by atoms with van der Waals surface area (Å²) in [4.78, 5) is 18.3. The number of nitrogens with zero attached hydrogens (tertiary/aromatic N) is 3. The standard InChI is InChI=1S/C20H23F2N3O3/c21-13-6-7-14(15(22)11-13)20(8-2-3-9-20)19-23-17(28-24-19)12-25-10-4-1-5-16(26)18(25)27/h6-7,11,16,26H,1-5,8-10,12H2. The minimum Gasteiger partial charge on any atom is -0.383 e. The zero-order chi connectivity index (χ0) is 19.7. The Bertz CT molecular complexity index is 864. The van der Waals surface area contributed by atoms with Gasteiger partial charge in [-0.1, -0.05) is 24.1 Å². The molecule has 28 heavy (non-hydrogen) atoms. The molecule has 1 aliphatic carbocycles. The molecule has 150 valence electrons. The van der Waals surface area contributed by atoms with Crippen LogP contribution in [0.25, 0.3) is 0 Å². The van der Waals surface area contributed by atoms with Gasteiger partial charge in [-0.25, -0.2) is 8.78 Å². The van der Waals surface area contributed by atoms with Gasteiger partial charge < -0.3 is 14.5 Å². The number of aliphatic hydroxyl groups excluding tert-OH is 1. The molecule has 0 bridgehead atoms. The summed E-state index contributed by atoms with van der Waals surface area (Å²) in [5.74, 6) is -0.947. The molecule has 0 spiro atoms. The number of carbonyl (C=O) groups is 1. The normalized spacial score (nSPS) is 22.5. The largest absolute Gasteiger partial charge is 0.383 e. The molecule has 6 nitrogen and oxygen atoms in total. The Morgan fingerprint density at radius 1 is 1.21 bits per heavy atom. The van der Waals surface area contributed by atoms with Gasteiger partial charge in [0.15, 0.2) is 5.82 Å². The van der Waals surface area contributed by atoms with Crippen LogP contribution in [-0.4, -0.2) is 38.7 Å². The molecule has 1 aliphatic heterocycles. The molecule has 0 radical (unpaired) electrons. The van der Waals surface area contributed by atoms with Crippen molar-refractivity contribution in [2.75, 3.05) is 6.54 Å². The first-order valence-corrected chi connectivity index (χ1v) is 9.75. The molecule has 1 saturated carbocycles. The molecule has 1 atom stereocenters. The van der Waals surface area contributed by atoms with Crippen LogP contribution in [0.3, 0.4) is 0 Å².